The van der Waals surface area contributed by atoms with Gasteiger partial charge in [0.05, 0.1) is 22.7 Å². The molecule has 1 heterocycles. The van der Waals surface area contributed by atoms with Crippen molar-refractivity contribution < 1.29 is 31.1 Å². The monoisotopic (exact) mass is 504 g/mol. The Bertz CT molecular complexity index is 1360. The second-order valence-corrected chi connectivity index (χ2v) is 10.2. The Morgan fingerprint density at radius 2 is 1.71 bits per heavy atom. The Morgan fingerprint density at radius 1 is 1.03 bits per heavy atom. The molecular weight excluding hydrogens is 481 g/mol. The number of nitrogens with one attached hydrogen (secondary N) is 1. The van der Waals surface area contributed by atoms with Gasteiger partial charge in [-0.2, -0.15) is 13.2 Å². The molecular formula is C25H23F3N2O4S. The highest BCUT2D eigenvalue weighted by molar-refractivity contribution is 7.92. The third kappa shape index (κ3) is 5.27. The van der Waals surface area contributed by atoms with Crippen LogP contribution >= 0.6 is 0 Å². The molecule has 3 aromatic rings. The Kier molecular flexibility index (Phi) is 6.50. The van der Waals surface area contributed by atoms with E-state index in [1.807, 2.05) is 13.8 Å². The van der Waals surface area contributed by atoms with Gasteiger partial charge in [-0.3, -0.25) is 9.10 Å². The number of amides is 1. The molecule has 1 amide bonds. The van der Waals surface area contributed by atoms with Crippen LogP contribution in [0.4, 0.5) is 18.9 Å². The van der Waals surface area contributed by atoms with Gasteiger partial charge in [-0.1, -0.05) is 35.9 Å². The van der Waals surface area contributed by atoms with Gasteiger partial charge >= 0.3 is 6.18 Å². The molecule has 0 bridgehead atoms. The van der Waals surface area contributed by atoms with Crippen LogP contribution in [0.3, 0.4) is 0 Å². The first kappa shape index (κ1) is 24.6. The van der Waals surface area contributed by atoms with E-state index in [0.717, 1.165) is 27.6 Å². The first-order valence-corrected chi connectivity index (χ1v) is 12.2. The summed E-state index contributed by atoms with van der Waals surface area (Å²) in [6, 6.07) is 16.0. The van der Waals surface area contributed by atoms with Crippen molar-refractivity contribution in [2.75, 3.05) is 10.8 Å². The van der Waals surface area contributed by atoms with E-state index in [-0.39, 0.29) is 29.3 Å². The molecule has 1 aliphatic heterocycles. The van der Waals surface area contributed by atoms with E-state index in [1.54, 1.807) is 30.3 Å². The lowest BCUT2D eigenvalue weighted by Gasteiger charge is -2.35. The van der Waals surface area contributed by atoms with Gasteiger partial charge in [-0.25, -0.2) is 8.42 Å². The smallest absolute Gasteiger partial charge is 0.416 e. The maximum atomic E-state index is 13.5. The quantitative estimate of drug-likeness (QED) is 0.551. The van der Waals surface area contributed by atoms with E-state index in [1.165, 1.54) is 24.3 Å². The third-order valence-electron chi connectivity index (χ3n) is 5.61. The first-order chi connectivity index (χ1) is 16.4. The van der Waals surface area contributed by atoms with Gasteiger partial charge in [-0.05, 0) is 61.4 Å². The Balaban J connectivity index is 1.59. The van der Waals surface area contributed by atoms with Crippen LogP contribution in [0, 0.1) is 13.8 Å². The number of sulfonamides is 1. The molecule has 0 saturated carbocycles. The van der Waals surface area contributed by atoms with Crippen LogP contribution in [0.15, 0.2) is 71.6 Å². The fourth-order valence-electron chi connectivity index (χ4n) is 3.72. The number of halogens is 3. The van der Waals surface area contributed by atoms with Crippen LogP contribution < -0.4 is 14.4 Å². The highest BCUT2D eigenvalue weighted by Crippen LogP contribution is 2.38. The zero-order valence-corrected chi connectivity index (χ0v) is 19.8. The number of anilines is 1. The molecule has 0 radical (unpaired) electrons. The second-order valence-electron chi connectivity index (χ2n) is 8.34. The molecule has 1 N–H and O–H groups in total. The summed E-state index contributed by atoms with van der Waals surface area (Å²) in [5, 5.41) is 2.56. The summed E-state index contributed by atoms with van der Waals surface area (Å²) in [7, 11) is -4.02. The van der Waals surface area contributed by atoms with Crippen molar-refractivity contribution in [3.8, 4) is 5.75 Å². The number of carbonyl (C=O) groups excluding carboxylic acids is 1. The number of nitrogens with zero attached hydrogens (tertiary/aromatic N) is 1. The largest absolute Gasteiger partial charge is 0.476 e. The second kappa shape index (κ2) is 9.26. The number of alkyl halides is 3. The zero-order chi connectivity index (χ0) is 25.4. The lowest BCUT2D eigenvalue weighted by atomic mass is 10.1. The highest BCUT2D eigenvalue weighted by Gasteiger charge is 2.37. The molecule has 35 heavy (non-hydrogen) atoms. The molecule has 6 nitrogen and oxygen atoms in total. The normalized spacial score (nSPS) is 15.8. The van der Waals surface area contributed by atoms with Gasteiger partial charge < -0.3 is 10.1 Å². The minimum atomic E-state index is -4.50. The number of rotatable bonds is 5. The van der Waals surface area contributed by atoms with E-state index in [4.69, 9.17) is 4.74 Å². The van der Waals surface area contributed by atoms with Crippen LogP contribution in [0.2, 0.25) is 0 Å². The lowest BCUT2D eigenvalue weighted by molar-refractivity contribution is -0.137. The number of benzene rings is 3. The van der Waals surface area contributed by atoms with Crippen LogP contribution in [-0.2, 0) is 27.5 Å². The van der Waals surface area contributed by atoms with Crippen molar-refractivity contribution in [1.82, 2.24) is 5.32 Å². The average molecular weight is 505 g/mol. The zero-order valence-electron chi connectivity index (χ0n) is 19.0. The highest BCUT2D eigenvalue weighted by atomic mass is 32.2. The molecule has 0 aliphatic carbocycles. The summed E-state index contributed by atoms with van der Waals surface area (Å²) in [5.41, 5.74) is 1.45. The summed E-state index contributed by atoms with van der Waals surface area (Å²) in [4.78, 5) is 13.0. The van der Waals surface area contributed by atoms with Crippen LogP contribution in [0.25, 0.3) is 0 Å². The van der Waals surface area contributed by atoms with Gasteiger partial charge in [-0.15, -0.1) is 0 Å². The van der Waals surface area contributed by atoms with Crippen molar-refractivity contribution in [1.29, 1.82) is 0 Å². The number of carbonyl (C=O) groups is 1. The van der Waals surface area contributed by atoms with Crippen LogP contribution in [0.1, 0.15) is 22.3 Å². The molecule has 0 saturated heterocycles. The van der Waals surface area contributed by atoms with E-state index in [2.05, 4.69) is 5.32 Å². The first-order valence-electron chi connectivity index (χ1n) is 10.8. The van der Waals surface area contributed by atoms with Crippen LogP contribution in [0.5, 0.6) is 5.75 Å². The van der Waals surface area contributed by atoms with Crippen LogP contribution in [-0.4, -0.2) is 27.0 Å². The molecule has 3 aromatic carbocycles. The van der Waals surface area contributed by atoms with E-state index < -0.39 is 33.8 Å². The third-order valence-corrected chi connectivity index (χ3v) is 7.40. The van der Waals surface area contributed by atoms with Crippen molar-refractivity contribution in [2.45, 2.75) is 37.6 Å². The number of aryl methyl sites for hydroxylation is 2. The number of hydrogen-bond donors (Lipinski definition) is 1. The molecule has 0 fully saturated rings. The summed E-state index contributed by atoms with van der Waals surface area (Å²) in [6.07, 6.45) is -5.70. The van der Waals surface area contributed by atoms with E-state index in [0.29, 0.717) is 5.69 Å². The minimum absolute atomic E-state index is 0.0700. The molecule has 184 valence electrons. The SMILES string of the molecule is Cc1ccc(S(=O)(=O)N2C[C@@H](C(=O)NCc3cccc(C(F)(F)F)c3)Oc3ccc(C)cc32)cc1. The van der Waals surface area contributed by atoms with E-state index >= 15 is 0 Å². The molecule has 0 unspecified atom stereocenters. The standard InChI is InChI=1S/C25H23F3N2O4S/c1-16-6-9-20(10-7-16)35(32,33)30-15-23(34-22-11-8-17(2)12-21(22)30)24(31)29-14-18-4-3-5-19(13-18)25(26,27)28/h3-13,23H,14-15H2,1-2H3,(H,29,31)/t23-/m0/s1. The number of fused-ring (bicyclic) bond motifs is 1. The summed E-state index contributed by atoms with van der Waals surface area (Å²) < 4.78 is 72.8. The number of hydrogen-bond acceptors (Lipinski definition) is 4. The molecule has 4 rings (SSSR count). The maximum Gasteiger partial charge on any atom is 0.416 e. The van der Waals surface area contributed by atoms with Gasteiger partial charge in [0, 0.05) is 6.54 Å². The topological polar surface area (TPSA) is 75.7 Å². The maximum absolute atomic E-state index is 13.5. The predicted molar refractivity (Wildman–Crippen MR) is 125 cm³/mol. The van der Waals surface area contributed by atoms with Gasteiger partial charge in [0.15, 0.2) is 6.10 Å². The van der Waals surface area contributed by atoms with Gasteiger partial charge in [0.2, 0.25) is 0 Å². The molecule has 1 aliphatic rings. The van der Waals surface area contributed by atoms with Crippen molar-refractivity contribution in [3.05, 3.63) is 89.0 Å². The average Bonchev–Trinajstić information content (AvgIpc) is 2.81. The van der Waals surface area contributed by atoms with Gasteiger partial charge in [0.1, 0.15) is 5.75 Å². The lowest BCUT2D eigenvalue weighted by Crippen LogP contribution is -2.50. The van der Waals surface area contributed by atoms with Crippen molar-refractivity contribution >= 4 is 21.6 Å². The summed E-state index contributed by atoms with van der Waals surface area (Å²) >= 11 is 0. The molecule has 0 aromatic heterocycles. The van der Waals surface area contributed by atoms with Crippen molar-refractivity contribution in [3.63, 3.8) is 0 Å². The fraction of sp³-hybridized carbons (Fsp3) is 0.240. The Hall–Kier alpha value is -3.53. The summed E-state index contributed by atoms with van der Waals surface area (Å²) in [6.45, 7) is 3.19. The molecule has 1 atom stereocenters. The van der Waals surface area contributed by atoms with E-state index in [9.17, 15) is 26.4 Å². The van der Waals surface area contributed by atoms with Crippen molar-refractivity contribution in [2.24, 2.45) is 0 Å². The fourth-order valence-corrected chi connectivity index (χ4v) is 5.19. The molecule has 10 heteroatoms. The van der Waals surface area contributed by atoms with Gasteiger partial charge in [0.25, 0.3) is 15.9 Å². The summed E-state index contributed by atoms with van der Waals surface area (Å²) in [5.74, 6) is -0.422. The minimum Gasteiger partial charge on any atom is -0.476 e. The Labute approximate surface area is 201 Å². The molecule has 0 spiro atoms. The Morgan fingerprint density at radius 3 is 2.40 bits per heavy atom. The predicted octanol–water partition coefficient (Wildman–Crippen LogP) is 4.59. The number of ether oxygens (including phenoxy) is 1.